The number of benzene rings is 1. The molecule has 1 aromatic rings. The standard InChI is InChI=1S/C12H13BrF2/c13-9-5-4-8(6-9)7-10-11(14)2-1-3-12(10)15/h1-3,8-9H,4-7H2. The third kappa shape index (κ3) is 2.57. The van der Waals surface area contributed by atoms with E-state index in [2.05, 4.69) is 15.9 Å². The van der Waals surface area contributed by atoms with E-state index in [1.165, 1.54) is 18.2 Å². The molecule has 15 heavy (non-hydrogen) atoms. The summed E-state index contributed by atoms with van der Waals surface area (Å²) in [7, 11) is 0. The molecule has 1 fully saturated rings. The van der Waals surface area contributed by atoms with Crippen molar-refractivity contribution in [2.45, 2.75) is 30.5 Å². The van der Waals surface area contributed by atoms with Gasteiger partial charge in [0.25, 0.3) is 0 Å². The number of alkyl halides is 1. The van der Waals surface area contributed by atoms with Gasteiger partial charge in [-0.3, -0.25) is 0 Å². The zero-order chi connectivity index (χ0) is 10.8. The fraction of sp³-hybridized carbons (Fsp3) is 0.500. The van der Waals surface area contributed by atoms with Crippen LogP contribution in [0.25, 0.3) is 0 Å². The predicted molar refractivity (Wildman–Crippen MR) is 60.1 cm³/mol. The Bertz CT molecular complexity index is 331. The molecule has 2 rings (SSSR count). The van der Waals surface area contributed by atoms with Crippen LogP contribution in [-0.2, 0) is 6.42 Å². The van der Waals surface area contributed by atoms with Gasteiger partial charge >= 0.3 is 0 Å². The largest absolute Gasteiger partial charge is 0.207 e. The summed E-state index contributed by atoms with van der Waals surface area (Å²) >= 11 is 3.54. The molecule has 0 aromatic heterocycles. The quantitative estimate of drug-likeness (QED) is 0.714. The molecule has 0 nitrogen and oxygen atoms in total. The summed E-state index contributed by atoms with van der Waals surface area (Å²) in [5, 5.41) is 0. The Morgan fingerprint density at radius 2 is 1.87 bits per heavy atom. The summed E-state index contributed by atoms with van der Waals surface area (Å²) in [6.45, 7) is 0. The molecule has 1 aliphatic rings. The second-order valence-corrected chi connectivity index (χ2v) is 5.48. The van der Waals surface area contributed by atoms with E-state index in [-0.39, 0.29) is 5.56 Å². The lowest BCUT2D eigenvalue weighted by molar-refractivity contribution is 0.492. The van der Waals surface area contributed by atoms with Gasteiger partial charge in [-0.1, -0.05) is 22.0 Å². The molecule has 0 heterocycles. The van der Waals surface area contributed by atoms with E-state index in [4.69, 9.17) is 0 Å². The van der Waals surface area contributed by atoms with E-state index in [0.29, 0.717) is 17.2 Å². The molecule has 0 amide bonds. The summed E-state index contributed by atoms with van der Waals surface area (Å²) in [5.41, 5.74) is 0.254. The van der Waals surface area contributed by atoms with Crippen molar-refractivity contribution in [2.24, 2.45) is 5.92 Å². The van der Waals surface area contributed by atoms with Crippen LogP contribution in [0.4, 0.5) is 8.78 Å². The number of halogens is 3. The molecule has 1 saturated carbocycles. The fourth-order valence-electron chi connectivity index (χ4n) is 2.22. The Morgan fingerprint density at radius 1 is 1.20 bits per heavy atom. The molecule has 1 aliphatic carbocycles. The lowest BCUT2D eigenvalue weighted by Gasteiger charge is -2.10. The molecule has 0 N–H and O–H groups in total. The summed E-state index contributed by atoms with van der Waals surface area (Å²) in [5.74, 6) is -0.401. The molecule has 2 atom stereocenters. The van der Waals surface area contributed by atoms with E-state index in [1.807, 2.05) is 0 Å². The molecule has 2 unspecified atom stereocenters. The van der Waals surface area contributed by atoms with Gasteiger partial charge in [0.2, 0.25) is 0 Å². The van der Waals surface area contributed by atoms with E-state index < -0.39 is 11.6 Å². The minimum absolute atomic E-state index is 0.254. The summed E-state index contributed by atoms with van der Waals surface area (Å²) in [4.78, 5) is 0.525. The first kappa shape index (κ1) is 11.1. The van der Waals surface area contributed by atoms with E-state index in [1.54, 1.807) is 0 Å². The Labute approximate surface area is 96.8 Å². The monoisotopic (exact) mass is 274 g/mol. The molecule has 0 bridgehead atoms. The first-order valence-corrected chi connectivity index (χ1v) is 6.15. The highest BCUT2D eigenvalue weighted by molar-refractivity contribution is 9.09. The molecule has 0 radical (unpaired) electrons. The van der Waals surface area contributed by atoms with Crippen molar-refractivity contribution in [3.63, 3.8) is 0 Å². The van der Waals surface area contributed by atoms with Crippen molar-refractivity contribution >= 4 is 15.9 Å². The lowest BCUT2D eigenvalue weighted by Crippen LogP contribution is -2.04. The molecular formula is C12H13BrF2. The maximum atomic E-state index is 13.3. The molecule has 1 aromatic carbocycles. The Hall–Kier alpha value is -0.440. The van der Waals surface area contributed by atoms with E-state index in [9.17, 15) is 8.78 Å². The minimum Gasteiger partial charge on any atom is -0.207 e. The highest BCUT2D eigenvalue weighted by Gasteiger charge is 2.24. The van der Waals surface area contributed by atoms with Crippen LogP contribution in [0.5, 0.6) is 0 Å². The average Bonchev–Trinajstić information content (AvgIpc) is 2.58. The zero-order valence-corrected chi connectivity index (χ0v) is 9.94. The minimum atomic E-state index is -0.409. The summed E-state index contributed by atoms with van der Waals surface area (Å²) < 4.78 is 26.7. The van der Waals surface area contributed by atoms with E-state index in [0.717, 1.165) is 19.3 Å². The SMILES string of the molecule is Fc1cccc(F)c1CC1CCC(Br)C1. The Kier molecular flexibility index (Phi) is 3.39. The van der Waals surface area contributed by atoms with Crippen molar-refractivity contribution in [1.29, 1.82) is 0 Å². The molecule has 82 valence electrons. The second-order valence-electron chi connectivity index (χ2n) is 4.18. The van der Waals surface area contributed by atoms with Crippen LogP contribution < -0.4 is 0 Å². The third-order valence-corrected chi connectivity index (χ3v) is 3.86. The Balaban J connectivity index is 2.10. The molecule has 3 heteroatoms. The summed E-state index contributed by atoms with van der Waals surface area (Å²) in [6.07, 6.45) is 3.72. The topological polar surface area (TPSA) is 0 Å². The zero-order valence-electron chi connectivity index (χ0n) is 8.35. The molecular weight excluding hydrogens is 262 g/mol. The van der Waals surface area contributed by atoms with Gasteiger partial charge in [0.15, 0.2) is 0 Å². The van der Waals surface area contributed by atoms with Crippen LogP contribution in [0.3, 0.4) is 0 Å². The van der Waals surface area contributed by atoms with Crippen molar-refractivity contribution in [3.05, 3.63) is 35.4 Å². The highest BCUT2D eigenvalue weighted by atomic mass is 79.9. The van der Waals surface area contributed by atoms with Gasteiger partial charge in [-0.05, 0) is 43.7 Å². The van der Waals surface area contributed by atoms with Crippen molar-refractivity contribution < 1.29 is 8.78 Å². The molecule has 0 aliphatic heterocycles. The van der Waals surface area contributed by atoms with Crippen LogP contribution >= 0.6 is 15.9 Å². The summed E-state index contributed by atoms with van der Waals surface area (Å²) in [6, 6.07) is 4.08. The van der Waals surface area contributed by atoms with Gasteiger partial charge in [0.05, 0.1) is 0 Å². The number of hydrogen-bond donors (Lipinski definition) is 0. The maximum absolute atomic E-state index is 13.3. The first-order valence-electron chi connectivity index (χ1n) is 5.23. The Morgan fingerprint density at radius 3 is 2.40 bits per heavy atom. The van der Waals surface area contributed by atoms with Crippen LogP contribution in [0, 0.1) is 17.6 Å². The van der Waals surface area contributed by atoms with Gasteiger partial charge < -0.3 is 0 Å². The van der Waals surface area contributed by atoms with Gasteiger partial charge in [0, 0.05) is 10.4 Å². The maximum Gasteiger partial charge on any atom is 0.129 e. The number of hydrogen-bond acceptors (Lipinski definition) is 0. The predicted octanol–water partition coefficient (Wildman–Crippen LogP) is 4.07. The normalized spacial score (nSPS) is 25.8. The van der Waals surface area contributed by atoms with Gasteiger partial charge in [-0.2, -0.15) is 0 Å². The molecule has 0 saturated heterocycles. The first-order chi connectivity index (χ1) is 7.16. The highest BCUT2D eigenvalue weighted by Crippen LogP contribution is 2.33. The van der Waals surface area contributed by atoms with Crippen molar-refractivity contribution in [1.82, 2.24) is 0 Å². The van der Waals surface area contributed by atoms with Gasteiger partial charge in [-0.25, -0.2) is 8.78 Å². The lowest BCUT2D eigenvalue weighted by atomic mass is 9.97. The van der Waals surface area contributed by atoms with Crippen LogP contribution in [0.1, 0.15) is 24.8 Å². The average molecular weight is 275 g/mol. The fourth-order valence-corrected chi connectivity index (χ4v) is 3.01. The van der Waals surface area contributed by atoms with Crippen molar-refractivity contribution in [2.75, 3.05) is 0 Å². The van der Waals surface area contributed by atoms with Gasteiger partial charge in [0.1, 0.15) is 11.6 Å². The number of rotatable bonds is 2. The molecule has 0 spiro atoms. The second kappa shape index (κ2) is 4.60. The van der Waals surface area contributed by atoms with Crippen LogP contribution in [0.2, 0.25) is 0 Å². The van der Waals surface area contributed by atoms with Crippen LogP contribution in [-0.4, -0.2) is 4.83 Å². The smallest absolute Gasteiger partial charge is 0.129 e. The van der Waals surface area contributed by atoms with Crippen molar-refractivity contribution in [3.8, 4) is 0 Å². The van der Waals surface area contributed by atoms with Crippen LogP contribution in [0.15, 0.2) is 18.2 Å². The van der Waals surface area contributed by atoms with Gasteiger partial charge in [-0.15, -0.1) is 0 Å². The van der Waals surface area contributed by atoms with E-state index >= 15 is 0 Å². The third-order valence-electron chi connectivity index (χ3n) is 3.03.